The SMILES string of the molecule is N#C/C(=C\c1cn(CC(N)=O)c2ccccc12)C(=O)Nc1ccccc1Cl. The normalized spacial score (nSPS) is 11.2. The number of anilines is 1. The number of fused-ring (bicyclic) bond motifs is 1. The highest BCUT2D eigenvalue weighted by Crippen LogP contribution is 2.25. The van der Waals surface area contributed by atoms with Gasteiger partial charge in [-0.05, 0) is 24.3 Å². The number of hydrogen-bond acceptors (Lipinski definition) is 3. The summed E-state index contributed by atoms with van der Waals surface area (Å²) in [6, 6.07) is 16.0. The third-order valence-electron chi connectivity index (χ3n) is 3.93. The Morgan fingerprint density at radius 2 is 1.89 bits per heavy atom. The van der Waals surface area contributed by atoms with Gasteiger partial charge in [0.15, 0.2) is 0 Å². The van der Waals surface area contributed by atoms with E-state index < -0.39 is 11.8 Å². The van der Waals surface area contributed by atoms with E-state index in [1.807, 2.05) is 30.3 Å². The van der Waals surface area contributed by atoms with Crippen LogP contribution in [0, 0.1) is 11.3 Å². The molecule has 0 bridgehead atoms. The molecule has 6 nitrogen and oxygen atoms in total. The molecule has 1 aromatic heterocycles. The van der Waals surface area contributed by atoms with Crippen molar-refractivity contribution < 1.29 is 9.59 Å². The van der Waals surface area contributed by atoms with Crippen LogP contribution in [0.3, 0.4) is 0 Å². The highest BCUT2D eigenvalue weighted by molar-refractivity contribution is 6.34. The lowest BCUT2D eigenvalue weighted by atomic mass is 10.1. The standard InChI is InChI=1S/C20H15ClN4O2/c21-16-6-2-3-7-17(16)24-20(27)13(10-22)9-14-11-25(12-19(23)26)18-8-4-1-5-15(14)18/h1-9,11H,12H2,(H2,23,26)(H,24,27)/b13-9+. The Bertz CT molecular complexity index is 1110. The smallest absolute Gasteiger partial charge is 0.266 e. The van der Waals surface area contributed by atoms with Crippen LogP contribution in [0.2, 0.25) is 5.02 Å². The number of nitrogens with two attached hydrogens (primary N) is 1. The van der Waals surface area contributed by atoms with E-state index in [1.165, 1.54) is 6.08 Å². The number of benzene rings is 2. The first-order chi connectivity index (χ1) is 13.0. The first-order valence-electron chi connectivity index (χ1n) is 8.03. The summed E-state index contributed by atoms with van der Waals surface area (Å²) in [5, 5.41) is 13.2. The summed E-state index contributed by atoms with van der Waals surface area (Å²) in [6.07, 6.45) is 3.17. The van der Waals surface area contributed by atoms with Crippen LogP contribution in [0.15, 0.2) is 60.3 Å². The zero-order valence-corrected chi connectivity index (χ0v) is 14.9. The zero-order valence-electron chi connectivity index (χ0n) is 14.1. The van der Waals surface area contributed by atoms with Crippen LogP contribution in [0.1, 0.15) is 5.56 Å². The van der Waals surface area contributed by atoms with Crippen LogP contribution < -0.4 is 11.1 Å². The Kier molecular flexibility index (Phi) is 5.25. The predicted octanol–water partition coefficient (Wildman–Crippen LogP) is 3.33. The molecular weight excluding hydrogens is 364 g/mol. The van der Waals surface area contributed by atoms with E-state index in [4.69, 9.17) is 17.3 Å². The van der Waals surface area contributed by atoms with Crippen molar-refractivity contribution >= 4 is 46.1 Å². The molecule has 0 radical (unpaired) electrons. The van der Waals surface area contributed by atoms with Crippen molar-refractivity contribution in [3.8, 4) is 6.07 Å². The van der Waals surface area contributed by atoms with Crippen LogP contribution in [-0.4, -0.2) is 16.4 Å². The average molecular weight is 379 g/mol. The molecule has 0 saturated heterocycles. The van der Waals surface area contributed by atoms with Crippen molar-refractivity contribution in [2.45, 2.75) is 6.54 Å². The summed E-state index contributed by atoms with van der Waals surface area (Å²) >= 11 is 6.04. The van der Waals surface area contributed by atoms with Gasteiger partial charge in [0.05, 0.1) is 10.7 Å². The molecule has 0 aliphatic rings. The van der Waals surface area contributed by atoms with Crippen LogP contribution in [0.5, 0.6) is 0 Å². The number of carbonyl (C=O) groups is 2. The quantitative estimate of drug-likeness (QED) is 0.526. The second kappa shape index (κ2) is 7.77. The highest BCUT2D eigenvalue weighted by Gasteiger charge is 2.14. The van der Waals surface area contributed by atoms with Gasteiger partial charge in [0, 0.05) is 22.7 Å². The van der Waals surface area contributed by atoms with Crippen LogP contribution in [0.25, 0.3) is 17.0 Å². The van der Waals surface area contributed by atoms with Crippen molar-refractivity contribution in [3.05, 3.63) is 70.9 Å². The van der Waals surface area contributed by atoms with E-state index >= 15 is 0 Å². The number of amides is 2. The molecule has 0 unspecified atom stereocenters. The van der Waals surface area contributed by atoms with Crippen molar-refractivity contribution in [2.24, 2.45) is 5.73 Å². The highest BCUT2D eigenvalue weighted by atomic mass is 35.5. The maximum Gasteiger partial charge on any atom is 0.266 e. The molecule has 2 amide bonds. The Labute approximate surface area is 160 Å². The van der Waals surface area contributed by atoms with Gasteiger partial charge < -0.3 is 15.6 Å². The van der Waals surface area contributed by atoms with Gasteiger partial charge >= 0.3 is 0 Å². The number of nitriles is 1. The number of nitrogens with one attached hydrogen (secondary N) is 1. The Balaban J connectivity index is 1.98. The van der Waals surface area contributed by atoms with Gasteiger partial charge in [-0.25, -0.2) is 0 Å². The average Bonchev–Trinajstić information content (AvgIpc) is 2.98. The van der Waals surface area contributed by atoms with Crippen molar-refractivity contribution in [3.63, 3.8) is 0 Å². The van der Waals surface area contributed by atoms with Crippen molar-refractivity contribution in [1.29, 1.82) is 5.26 Å². The molecule has 0 saturated carbocycles. The van der Waals surface area contributed by atoms with Gasteiger partial charge in [-0.15, -0.1) is 0 Å². The second-order valence-electron chi connectivity index (χ2n) is 5.80. The summed E-state index contributed by atoms with van der Waals surface area (Å²) in [5.41, 5.74) is 7.05. The minimum Gasteiger partial charge on any atom is -0.368 e. The molecule has 134 valence electrons. The molecule has 3 aromatic rings. The lowest BCUT2D eigenvalue weighted by Crippen LogP contribution is -2.17. The molecule has 0 aliphatic carbocycles. The van der Waals surface area contributed by atoms with E-state index in [9.17, 15) is 14.9 Å². The van der Waals surface area contributed by atoms with E-state index in [-0.39, 0.29) is 12.1 Å². The van der Waals surface area contributed by atoms with Gasteiger partial charge in [0.1, 0.15) is 18.2 Å². The first kappa shape index (κ1) is 18.2. The van der Waals surface area contributed by atoms with E-state index in [0.29, 0.717) is 16.3 Å². The van der Waals surface area contributed by atoms with E-state index in [1.54, 1.807) is 35.0 Å². The molecule has 0 spiro atoms. The maximum absolute atomic E-state index is 12.5. The van der Waals surface area contributed by atoms with Crippen LogP contribution in [-0.2, 0) is 16.1 Å². The third kappa shape index (κ3) is 4.00. The van der Waals surface area contributed by atoms with Gasteiger partial charge in [-0.2, -0.15) is 5.26 Å². The largest absolute Gasteiger partial charge is 0.368 e. The molecule has 0 aliphatic heterocycles. The van der Waals surface area contributed by atoms with Gasteiger partial charge in [-0.1, -0.05) is 41.9 Å². The third-order valence-corrected chi connectivity index (χ3v) is 4.26. The molecule has 7 heteroatoms. The summed E-state index contributed by atoms with van der Waals surface area (Å²) in [5.74, 6) is -1.06. The molecule has 1 heterocycles. The molecule has 27 heavy (non-hydrogen) atoms. The zero-order chi connectivity index (χ0) is 19.4. The number of rotatable bonds is 5. The number of carbonyl (C=O) groups excluding carboxylic acids is 2. The maximum atomic E-state index is 12.5. The van der Waals surface area contributed by atoms with Crippen molar-refractivity contribution in [1.82, 2.24) is 4.57 Å². The summed E-state index contributed by atoms with van der Waals surface area (Å²) in [4.78, 5) is 23.8. The minimum absolute atomic E-state index is 0.00204. The molecule has 2 aromatic carbocycles. The number of halogens is 1. The number of para-hydroxylation sites is 2. The lowest BCUT2D eigenvalue weighted by Gasteiger charge is -2.05. The Morgan fingerprint density at radius 1 is 1.19 bits per heavy atom. The number of primary amides is 1. The summed E-state index contributed by atoms with van der Waals surface area (Å²) in [6.45, 7) is 0.00204. The van der Waals surface area contributed by atoms with Gasteiger partial charge in [0.25, 0.3) is 5.91 Å². The molecular formula is C20H15ClN4O2. The molecule has 3 N–H and O–H groups in total. The van der Waals surface area contributed by atoms with Crippen LogP contribution >= 0.6 is 11.6 Å². The van der Waals surface area contributed by atoms with Crippen LogP contribution in [0.4, 0.5) is 5.69 Å². The Hall–Kier alpha value is -3.56. The number of aromatic nitrogens is 1. The Morgan fingerprint density at radius 3 is 2.59 bits per heavy atom. The summed E-state index contributed by atoms with van der Waals surface area (Å²) in [7, 11) is 0. The number of hydrogen-bond donors (Lipinski definition) is 2. The van der Waals surface area contributed by atoms with E-state index in [2.05, 4.69) is 5.32 Å². The second-order valence-corrected chi connectivity index (χ2v) is 6.21. The fourth-order valence-corrected chi connectivity index (χ4v) is 2.93. The monoisotopic (exact) mass is 378 g/mol. The number of nitrogens with zero attached hydrogens (tertiary/aromatic N) is 2. The topological polar surface area (TPSA) is 101 Å². The molecule has 3 rings (SSSR count). The minimum atomic E-state index is -0.572. The van der Waals surface area contributed by atoms with E-state index in [0.717, 1.165) is 10.9 Å². The summed E-state index contributed by atoms with van der Waals surface area (Å²) < 4.78 is 1.68. The van der Waals surface area contributed by atoms with Gasteiger partial charge in [0.2, 0.25) is 5.91 Å². The predicted molar refractivity (Wildman–Crippen MR) is 105 cm³/mol. The van der Waals surface area contributed by atoms with Gasteiger partial charge in [-0.3, -0.25) is 9.59 Å². The fraction of sp³-hybridized carbons (Fsp3) is 0.0500. The molecule has 0 fully saturated rings. The lowest BCUT2D eigenvalue weighted by molar-refractivity contribution is -0.118. The first-order valence-corrected chi connectivity index (χ1v) is 8.41. The van der Waals surface area contributed by atoms with Crippen molar-refractivity contribution in [2.75, 3.05) is 5.32 Å². The fourth-order valence-electron chi connectivity index (χ4n) is 2.75. The molecule has 0 atom stereocenters.